The fourth-order valence-electron chi connectivity index (χ4n) is 1.94. The zero-order valence-corrected chi connectivity index (χ0v) is 14.1. The van der Waals surface area contributed by atoms with Crippen molar-refractivity contribution in [3.63, 3.8) is 0 Å². The summed E-state index contributed by atoms with van der Waals surface area (Å²) in [7, 11) is 0. The summed E-state index contributed by atoms with van der Waals surface area (Å²) in [5, 5.41) is 3.30. The van der Waals surface area contributed by atoms with Crippen molar-refractivity contribution in [2.75, 3.05) is 19.8 Å². The van der Waals surface area contributed by atoms with Gasteiger partial charge in [0.05, 0.1) is 0 Å². The van der Waals surface area contributed by atoms with Crippen LogP contribution in [0.5, 0.6) is 5.75 Å². The molecule has 0 aliphatic rings. The number of carbonyl (C=O) groups excluding carboxylic acids is 2. The minimum Gasteiger partial charge on any atom is -0.482 e. The van der Waals surface area contributed by atoms with E-state index in [4.69, 9.17) is 21.1 Å². The van der Waals surface area contributed by atoms with E-state index in [0.29, 0.717) is 18.0 Å². The predicted molar refractivity (Wildman–Crippen MR) is 91.0 cm³/mol. The van der Waals surface area contributed by atoms with Gasteiger partial charge in [0.15, 0.2) is 13.2 Å². The largest absolute Gasteiger partial charge is 0.482 e. The van der Waals surface area contributed by atoms with Crippen LogP contribution in [0, 0.1) is 5.82 Å². The summed E-state index contributed by atoms with van der Waals surface area (Å²) in [6.07, 6.45) is 0.638. The van der Waals surface area contributed by atoms with Gasteiger partial charge in [-0.25, -0.2) is 9.18 Å². The minimum absolute atomic E-state index is 0.212. The predicted octanol–water partition coefficient (Wildman–Crippen LogP) is 2.76. The summed E-state index contributed by atoms with van der Waals surface area (Å²) in [5.74, 6) is -1.37. The van der Waals surface area contributed by atoms with Gasteiger partial charge in [-0.2, -0.15) is 0 Å². The van der Waals surface area contributed by atoms with Gasteiger partial charge in [-0.3, -0.25) is 4.79 Å². The molecule has 7 heteroatoms. The van der Waals surface area contributed by atoms with E-state index in [-0.39, 0.29) is 5.75 Å². The normalized spacial score (nSPS) is 10.2. The first-order valence-electron chi connectivity index (χ1n) is 7.58. The Bertz CT molecular complexity index is 721. The maximum Gasteiger partial charge on any atom is 0.344 e. The maximum absolute atomic E-state index is 13.0. The van der Waals surface area contributed by atoms with Gasteiger partial charge in [0.1, 0.15) is 11.6 Å². The topological polar surface area (TPSA) is 64.6 Å². The number of hydrogen-bond donors (Lipinski definition) is 1. The van der Waals surface area contributed by atoms with Crippen molar-refractivity contribution in [3.05, 3.63) is 64.9 Å². The van der Waals surface area contributed by atoms with Crippen LogP contribution in [0.25, 0.3) is 0 Å². The fraction of sp³-hybridized carbons (Fsp3) is 0.222. The van der Waals surface area contributed by atoms with Crippen molar-refractivity contribution in [1.29, 1.82) is 0 Å². The van der Waals surface area contributed by atoms with Crippen LogP contribution >= 0.6 is 11.6 Å². The first kappa shape index (κ1) is 18.7. The molecule has 2 aromatic carbocycles. The van der Waals surface area contributed by atoms with E-state index in [2.05, 4.69) is 5.32 Å². The molecular formula is C18H17ClFNO4. The van der Waals surface area contributed by atoms with Crippen molar-refractivity contribution in [1.82, 2.24) is 5.32 Å². The van der Waals surface area contributed by atoms with Crippen LogP contribution in [0.2, 0.25) is 5.02 Å². The number of ether oxygens (including phenoxy) is 2. The number of nitrogens with one attached hydrogen (secondary N) is 1. The van der Waals surface area contributed by atoms with Gasteiger partial charge in [0.2, 0.25) is 0 Å². The van der Waals surface area contributed by atoms with E-state index in [1.165, 1.54) is 18.2 Å². The molecule has 0 aliphatic carbocycles. The monoisotopic (exact) mass is 365 g/mol. The van der Waals surface area contributed by atoms with Gasteiger partial charge in [0.25, 0.3) is 5.91 Å². The molecule has 0 saturated carbocycles. The fourth-order valence-corrected chi connectivity index (χ4v) is 2.06. The van der Waals surface area contributed by atoms with Gasteiger partial charge in [0, 0.05) is 17.6 Å². The summed E-state index contributed by atoms with van der Waals surface area (Å²) in [5.41, 5.74) is 1.03. The van der Waals surface area contributed by atoms with Gasteiger partial charge in [-0.1, -0.05) is 29.8 Å². The first-order chi connectivity index (χ1) is 12.0. The number of carbonyl (C=O) groups is 2. The van der Waals surface area contributed by atoms with Crippen molar-refractivity contribution in [3.8, 4) is 5.75 Å². The maximum atomic E-state index is 13.0. The Balaban J connectivity index is 1.60. The molecule has 5 nitrogen and oxygen atoms in total. The Morgan fingerprint density at radius 2 is 1.84 bits per heavy atom. The highest BCUT2D eigenvalue weighted by Crippen LogP contribution is 2.11. The Morgan fingerprint density at radius 1 is 1.08 bits per heavy atom. The number of halogens is 2. The highest BCUT2D eigenvalue weighted by molar-refractivity contribution is 6.30. The number of benzene rings is 2. The third kappa shape index (κ3) is 7.22. The van der Waals surface area contributed by atoms with E-state index in [1.54, 1.807) is 12.1 Å². The zero-order valence-electron chi connectivity index (χ0n) is 13.3. The molecule has 0 atom stereocenters. The quantitative estimate of drug-likeness (QED) is 0.731. The van der Waals surface area contributed by atoms with Crippen LogP contribution in [-0.4, -0.2) is 31.6 Å². The van der Waals surface area contributed by atoms with Crippen LogP contribution in [0.15, 0.2) is 48.5 Å². The lowest BCUT2D eigenvalue weighted by Crippen LogP contribution is -2.31. The first-order valence-corrected chi connectivity index (χ1v) is 7.96. The SMILES string of the molecule is O=C(COC(=O)COc1cccc(F)c1)NCCc1ccc(Cl)cc1. The van der Waals surface area contributed by atoms with Crippen LogP contribution in [0.4, 0.5) is 4.39 Å². The Kier molecular flexibility index (Phi) is 7.22. The molecule has 0 spiro atoms. The van der Waals surface area contributed by atoms with Gasteiger partial charge in [-0.05, 0) is 36.2 Å². The standard InChI is InChI=1S/C18H17ClFNO4/c19-14-6-4-13(5-7-14)8-9-21-17(22)11-25-18(23)12-24-16-3-1-2-15(20)10-16/h1-7,10H,8-9,11-12H2,(H,21,22). The lowest BCUT2D eigenvalue weighted by molar-refractivity contribution is -0.150. The molecule has 1 N–H and O–H groups in total. The Morgan fingerprint density at radius 3 is 2.56 bits per heavy atom. The van der Waals surface area contributed by atoms with Crippen molar-refractivity contribution >= 4 is 23.5 Å². The third-order valence-corrected chi connectivity index (χ3v) is 3.42. The molecule has 0 saturated heterocycles. The molecule has 0 radical (unpaired) electrons. The number of esters is 1. The van der Waals surface area contributed by atoms with E-state index in [0.717, 1.165) is 11.6 Å². The molecule has 2 aromatic rings. The zero-order chi connectivity index (χ0) is 18.1. The number of hydrogen-bond acceptors (Lipinski definition) is 4. The van der Waals surface area contributed by atoms with Crippen molar-refractivity contribution in [2.45, 2.75) is 6.42 Å². The second-order valence-corrected chi connectivity index (χ2v) is 5.57. The Labute approximate surface area is 149 Å². The molecule has 132 valence electrons. The van der Waals surface area contributed by atoms with E-state index < -0.39 is 30.9 Å². The van der Waals surface area contributed by atoms with E-state index in [9.17, 15) is 14.0 Å². The van der Waals surface area contributed by atoms with Gasteiger partial charge >= 0.3 is 5.97 Å². The number of rotatable bonds is 8. The van der Waals surface area contributed by atoms with Gasteiger partial charge < -0.3 is 14.8 Å². The summed E-state index contributed by atoms with van der Waals surface area (Å²) in [6, 6.07) is 12.7. The van der Waals surface area contributed by atoms with Gasteiger partial charge in [-0.15, -0.1) is 0 Å². The average Bonchev–Trinajstić information content (AvgIpc) is 2.60. The highest BCUT2D eigenvalue weighted by atomic mass is 35.5. The van der Waals surface area contributed by atoms with Crippen LogP contribution in [0.3, 0.4) is 0 Å². The highest BCUT2D eigenvalue weighted by Gasteiger charge is 2.08. The molecule has 25 heavy (non-hydrogen) atoms. The minimum atomic E-state index is -0.711. The average molecular weight is 366 g/mol. The van der Waals surface area contributed by atoms with Crippen molar-refractivity contribution < 1.29 is 23.5 Å². The summed E-state index contributed by atoms with van der Waals surface area (Å²) in [6.45, 7) is -0.384. The summed E-state index contributed by atoms with van der Waals surface area (Å²) < 4.78 is 22.8. The molecule has 0 aliphatic heterocycles. The molecule has 2 rings (SSSR count). The van der Waals surface area contributed by atoms with Crippen LogP contribution < -0.4 is 10.1 Å². The molecular weight excluding hydrogens is 349 g/mol. The Hall–Kier alpha value is -2.60. The molecule has 0 aromatic heterocycles. The molecule has 1 amide bonds. The number of amides is 1. The summed E-state index contributed by atoms with van der Waals surface area (Å²) >= 11 is 5.79. The molecule has 0 bridgehead atoms. The van der Waals surface area contributed by atoms with E-state index >= 15 is 0 Å². The second-order valence-electron chi connectivity index (χ2n) is 5.13. The molecule has 0 fully saturated rings. The second kappa shape index (κ2) is 9.64. The third-order valence-electron chi connectivity index (χ3n) is 3.17. The lowest BCUT2D eigenvalue weighted by atomic mass is 10.1. The molecule has 0 heterocycles. The van der Waals surface area contributed by atoms with Crippen molar-refractivity contribution in [2.24, 2.45) is 0 Å². The lowest BCUT2D eigenvalue weighted by Gasteiger charge is -2.08. The smallest absolute Gasteiger partial charge is 0.344 e. The van der Waals surface area contributed by atoms with E-state index in [1.807, 2.05) is 12.1 Å². The van der Waals surface area contributed by atoms with Crippen LogP contribution in [-0.2, 0) is 20.7 Å². The molecule has 0 unspecified atom stereocenters. The summed E-state index contributed by atoms with van der Waals surface area (Å²) in [4.78, 5) is 23.1. The van der Waals surface area contributed by atoms with Crippen LogP contribution in [0.1, 0.15) is 5.56 Å².